The van der Waals surface area contributed by atoms with Crippen molar-refractivity contribution in [1.82, 2.24) is 9.97 Å². The van der Waals surface area contributed by atoms with Crippen LogP contribution in [0.2, 0.25) is 5.02 Å². The molecule has 0 spiro atoms. The molecule has 1 saturated carbocycles. The first-order chi connectivity index (χ1) is 13.6. The number of thioether (sulfide) groups is 1. The zero-order valence-electron chi connectivity index (χ0n) is 15.0. The van der Waals surface area contributed by atoms with Gasteiger partial charge < -0.3 is 10.1 Å². The Hall–Kier alpha value is -2.02. The fourth-order valence-corrected chi connectivity index (χ4v) is 4.79. The zero-order valence-corrected chi connectivity index (χ0v) is 17.4. The number of hydrogen-bond acceptors (Lipinski definition) is 4. The van der Waals surface area contributed by atoms with Crippen LogP contribution in [-0.2, 0) is 17.6 Å². The lowest BCUT2D eigenvalue weighted by Gasteiger charge is -2.04. The number of aliphatic carboxylic acids is 1. The van der Waals surface area contributed by atoms with Crippen molar-refractivity contribution in [3.63, 3.8) is 0 Å². The van der Waals surface area contributed by atoms with E-state index in [9.17, 15) is 9.90 Å². The van der Waals surface area contributed by atoms with Gasteiger partial charge in [-0.25, -0.2) is 9.78 Å². The number of carbonyl (C=O) groups is 1. The van der Waals surface area contributed by atoms with Gasteiger partial charge in [-0.15, -0.1) is 11.3 Å². The summed E-state index contributed by atoms with van der Waals surface area (Å²) in [5.74, 6) is -0.920. The third kappa shape index (κ3) is 4.87. The maximum atomic E-state index is 11.8. The number of nitrogens with one attached hydrogen (secondary N) is 1. The van der Waals surface area contributed by atoms with Crippen LogP contribution in [0, 0.1) is 0 Å². The Balaban J connectivity index is 1.67. The molecule has 3 aromatic rings. The van der Waals surface area contributed by atoms with E-state index in [4.69, 9.17) is 16.6 Å². The highest BCUT2D eigenvalue weighted by Crippen LogP contribution is 2.38. The maximum absolute atomic E-state index is 11.8. The number of aromatic amines is 1. The van der Waals surface area contributed by atoms with Gasteiger partial charge >= 0.3 is 5.97 Å². The normalized spacial score (nSPS) is 14.4. The molecule has 7 heteroatoms. The molecular weight excluding hydrogens is 412 g/mol. The molecule has 4 rings (SSSR count). The predicted octanol–water partition coefficient (Wildman–Crippen LogP) is 5.68. The second kappa shape index (κ2) is 8.55. The SMILES string of the molecule is O=C(O)/C(=C/c1nc(SC2CC2)[nH]c1Cc1ccccc1Cl)Cc1cccs1. The molecule has 0 saturated heterocycles. The van der Waals surface area contributed by atoms with Crippen molar-refractivity contribution >= 4 is 46.7 Å². The first-order valence-corrected chi connectivity index (χ1v) is 11.2. The van der Waals surface area contributed by atoms with Crippen LogP contribution in [0.3, 0.4) is 0 Å². The van der Waals surface area contributed by atoms with Crippen molar-refractivity contribution < 1.29 is 9.90 Å². The Morgan fingerprint density at radius 3 is 2.82 bits per heavy atom. The topological polar surface area (TPSA) is 66.0 Å². The quantitative estimate of drug-likeness (QED) is 0.451. The van der Waals surface area contributed by atoms with Gasteiger partial charge in [0.25, 0.3) is 0 Å². The Morgan fingerprint density at radius 1 is 1.32 bits per heavy atom. The number of imidazole rings is 1. The molecule has 0 bridgehead atoms. The van der Waals surface area contributed by atoms with Crippen LogP contribution in [0.1, 0.15) is 34.7 Å². The van der Waals surface area contributed by atoms with Crippen LogP contribution in [0.5, 0.6) is 0 Å². The minimum absolute atomic E-state index is 0.331. The number of halogens is 1. The number of rotatable bonds is 8. The Labute approximate surface area is 176 Å². The molecule has 2 heterocycles. The summed E-state index contributed by atoms with van der Waals surface area (Å²) in [4.78, 5) is 20.9. The Kier molecular flexibility index (Phi) is 5.90. The summed E-state index contributed by atoms with van der Waals surface area (Å²) in [6.45, 7) is 0. The number of aromatic nitrogens is 2. The third-order valence-electron chi connectivity index (χ3n) is 4.45. The van der Waals surface area contributed by atoms with Crippen molar-refractivity contribution in [2.75, 3.05) is 0 Å². The molecule has 1 aliphatic rings. The van der Waals surface area contributed by atoms with Crippen LogP contribution >= 0.6 is 34.7 Å². The summed E-state index contributed by atoms with van der Waals surface area (Å²) < 4.78 is 0. The fraction of sp³-hybridized carbons (Fsp3) is 0.238. The van der Waals surface area contributed by atoms with Crippen molar-refractivity contribution in [3.8, 4) is 0 Å². The molecule has 0 aliphatic heterocycles. The third-order valence-corrected chi connectivity index (χ3v) is 6.91. The summed E-state index contributed by atoms with van der Waals surface area (Å²) in [6, 6.07) is 11.6. The van der Waals surface area contributed by atoms with Crippen molar-refractivity contribution in [3.05, 3.63) is 74.2 Å². The van der Waals surface area contributed by atoms with Gasteiger partial charge in [0.2, 0.25) is 0 Å². The van der Waals surface area contributed by atoms with E-state index in [1.807, 2.05) is 41.8 Å². The molecule has 2 aromatic heterocycles. The lowest BCUT2D eigenvalue weighted by Crippen LogP contribution is -2.04. The van der Waals surface area contributed by atoms with Gasteiger partial charge in [-0.1, -0.05) is 47.6 Å². The summed E-state index contributed by atoms with van der Waals surface area (Å²) in [6.07, 6.45) is 5.07. The van der Waals surface area contributed by atoms with Gasteiger partial charge in [-0.05, 0) is 42.0 Å². The Morgan fingerprint density at radius 2 is 2.14 bits per heavy atom. The molecule has 1 fully saturated rings. The van der Waals surface area contributed by atoms with Gasteiger partial charge in [0.15, 0.2) is 5.16 Å². The second-order valence-electron chi connectivity index (χ2n) is 6.72. The smallest absolute Gasteiger partial charge is 0.332 e. The molecule has 144 valence electrons. The number of hydrogen-bond donors (Lipinski definition) is 2. The van der Waals surface area contributed by atoms with E-state index in [2.05, 4.69) is 4.98 Å². The lowest BCUT2D eigenvalue weighted by atomic mass is 10.1. The first kappa shape index (κ1) is 19.3. The number of thiophene rings is 1. The summed E-state index contributed by atoms with van der Waals surface area (Å²) >= 11 is 9.61. The Bertz CT molecular complexity index is 1010. The van der Waals surface area contributed by atoms with Gasteiger partial charge in [-0.3, -0.25) is 0 Å². The molecule has 0 atom stereocenters. The highest BCUT2D eigenvalue weighted by Gasteiger charge is 2.25. The minimum Gasteiger partial charge on any atom is -0.478 e. The van der Waals surface area contributed by atoms with E-state index in [-0.39, 0.29) is 0 Å². The molecule has 0 unspecified atom stereocenters. The van der Waals surface area contributed by atoms with Crippen LogP contribution in [0.15, 0.2) is 52.5 Å². The highest BCUT2D eigenvalue weighted by atomic mass is 35.5. The van der Waals surface area contributed by atoms with Crippen molar-refractivity contribution in [1.29, 1.82) is 0 Å². The number of nitrogens with zero attached hydrogens (tertiary/aromatic N) is 1. The summed E-state index contributed by atoms with van der Waals surface area (Å²) in [5.41, 5.74) is 2.89. The van der Waals surface area contributed by atoms with Crippen LogP contribution in [-0.4, -0.2) is 26.3 Å². The zero-order chi connectivity index (χ0) is 19.5. The molecule has 0 amide bonds. The highest BCUT2D eigenvalue weighted by molar-refractivity contribution is 8.00. The van der Waals surface area contributed by atoms with Crippen LogP contribution < -0.4 is 0 Å². The van der Waals surface area contributed by atoms with E-state index in [0.29, 0.717) is 34.4 Å². The number of carboxylic acids is 1. The summed E-state index contributed by atoms with van der Waals surface area (Å²) in [7, 11) is 0. The van der Waals surface area contributed by atoms with Gasteiger partial charge in [0.05, 0.1) is 5.69 Å². The van der Waals surface area contributed by atoms with Crippen LogP contribution in [0.25, 0.3) is 6.08 Å². The number of benzene rings is 1. The molecule has 2 N–H and O–H groups in total. The van der Waals surface area contributed by atoms with Gasteiger partial charge in [-0.2, -0.15) is 0 Å². The average molecular weight is 431 g/mol. The van der Waals surface area contributed by atoms with Gasteiger partial charge in [0.1, 0.15) is 0 Å². The monoisotopic (exact) mass is 430 g/mol. The number of H-pyrrole nitrogens is 1. The van der Waals surface area contributed by atoms with E-state index >= 15 is 0 Å². The first-order valence-electron chi connectivity index (χ1n) is 9.03. The van der Waals surface area contributed by atoms with Gasteiger partial charge in [0, 0.05) is 39.3 Å². The predicted molar refractivity (Wildman–Crippen MR) is 115 cm³/mol. The molecule has 1 aliphatic carbocycles. The fourth-order valence-electron chi connectivity index (χ4n) is 2.84. The largest absolute Gasteiger partial charge is 0.478 e. The second-order valence-corrected chi connectivity index (χ2v) is 9.45. The molecular formula is C21H19ClN2O2S2. The van der Waals surface area contributed by atoms with E-state index in [1.54, 1.807) is 29.2 Å². The molecule has 28 heavy (non-hydrogen) atoms. The van der Waals surface area contributed by atoms with Crippen LogP contribution in [0.4, 0.5) is 0 Å². The average Bonchev–Trinajstić information content (AvgIpc) is 3.18. The van der Waals surface area contributed by atoms with Crippen molar-refractivity contribution in [2.24, 2.45) is 0 Å². The number of carboxylic acid groups (broad SMARTS) is 1. The standard InChI is InChI=1S/C21H19ClN2O2S2/c22-17-6-2-1-4-13(17)11-18-19(24-21(23-18)28-15-7-8-15)12-14(20(25)26)10-16-5-3-9-27-16/h1-6,9,12,15H,7-8,10-11H2,(H,23,24)(H,25,26)/b14-12+. The summed E-state index contributed by atoms with van der Waals surface area (Å²) in [5, 5.41) is 13.8. The van der Waals surface area contributed by atoms with E-state index in [1.165, 1.54) is 12.8 Å². The minimum atomic E-state index is -0.920. The van der Waals surface area contributed by atoms with E-state index in [0.717, 1.165) is 21.3 Å². The molecule has 1 aromatic carbocycles. The molecule has 4 nitrogen and oxygen atoms in total. The van der Waals surface area contributed by atoms with Crippen molar-refractivity contribution in [2.45, 2.75) is 36.1 Å². The van der Waals surface area contributed by atoms with E-state index < -0.39 is 5.97 Å². The lowest BCUT2D eigenvalue weighted by molar-refractivity contribution is -0.132. The maximum Gasteiger partial charge on any atom is 0.332 e. The molecule has 0 radical (unpaired) electrons.